The Bertz CT molecular complexity index is 397. The van der Waals surface area contributed by atoms with Gasteiger partial charge in [-0.3, -0.25) is 0 Å². The number of nitrogens with one attached hydrogen (secondary N) is 1. The fraction of sp³-hybridized carbons (Fsp3) is 0. The third-order valence-electron chi connectivity index (χ3n) is 1.95. The van der Waals surface area contributed by atoms with Crippen molar-refractivity contribution in [1.82, 2.24) is 9.97 Å². The minimum atomic E-state index is 0.824. The molecule has 1 N–H and O–H groups in total. The van der Waals surface area contributed by atoms with Gasteiger partial charge in [-0.15, -0.1) is 0 Å². The van der Waals surface area contributed by atoms with Gasteiger partial charge in [0, 0.05) is 17.3 Å². The second-order valence-electron chi connectivity index (χ2n) is 2.86. The molecule has 0 atom stereocenters. The maximum atomic E-state index is 4.25. The van der Waals surface area contributed by atoms with E-state index in [1.54, 1.807) is 24.2 Å². The average Bonchev–Trinajstić information content (AvgIpc) is 2.26. The average molecular weight is 200 g/mol. The summed E-state index contributed by atoms with van der Waals surface area (Å²) in [5, 5.41) is 4.14. The smallest absolute Gasteiger partial charge is 0.163 e. The van der Waals surface area contributed by atoms with Gasteiger partial charge in [0.25, 0.3) is 0 Å². The zero-order valence-electron chi connectivity index (χ0n) is 7.19. The largest absolute Gasteiger partial charge is 0.337 e. The highest BCUT2D eigenvalue weighted by molar-refractivity contribution is 7.99. The van der Waals surface area contributed by atoms with E-state index in [2.05, 4.69) is 21.4 Å². The summed E-state index contributed by atoms with van der Waals surface area (Å²) in [5.41, 5.74) is 1.05. The number of hydrogen-bond acceptors (Lipinski definition) is 4. The summed E-state index contributed by atoms with van der Waals surface area (Å²) in [7, 11) is 0. The molecule has 14 heavy (non-hydrogen) atoms. The minimum Gasteiger partial charge on any atom is -0.337 e. The van der Waals surface area contributed by atoms with E-state index in [0.717, 1.165) is 21.4 Å². The topological polar surface area (TPSA) is 37.8 Å². The Morgan fingerprint density at radius 2 is 2.21 bits per heavy atom. The molecule has 0 aliphatic carbocycles. The van der Waals surface area contributed by atoms with E-state index in [1.807, 2.05) is 18.2 Å². The monoisotopic (exact) mass is 200 g/mol. The molecule has 0 bridgehead atoms. The Kier molecular flexibility index (Phi) is 1.67. The van der Waals surface area contributed by atoms with Gasteiger partial charge in [-0.25, -0.2) is 9.97 Å². The molecular weight excluding hydrogens is 194 g/mol. The lowest BCUT2D eigenvalue weighted by Crippen LogP contribution is -2.02. The molecule has 1 aromatic heterocycles. The maximum absolute atomic E-state index is 4.25. The number of anilines is 2. The van der Waals surface area contributed by atoms with E-state index in [4.69, 9.17) is 0 Å². The Morgan fingerprint density at radius 1 is 1.29 bits per heavy atom. The van der Waals surface area contributed by atoms with Crippen LogP contribution in [0.4, 0.5) is 11.5 Å². The first-order chi connectivity index (χ1) is 6.93. The molecule has 1 radical (unpaired) electrons. The van der Waals surface area contributed by atoms with Crippen molar-refractivity contribution in [3.05, 3.63) is 36.7 Å². The molecule has 3 nitrogen and oxygen atoms in total. The second-order valence-corrected chi connectivity index (χ2v) is 3.89. The highest BCUT2D eigenvalue weighted by Crippen LogP contribution is 2.41. The van der Waals surface area contributed by atoms with E-state index in [-0.39, 0.29) is 0 Å². The first kappa shape index (κ1) is 7.82. The van der Waals surface area contributed by atoms with Gasteiger partial charge in [-0.05, 0) is 18.2 Å². The van der Waals surface area contributed by atoms with Crippen molar-refractivity contribution >= 4 is 23.3 Å². The summed E-state index contributed by atoms with van der Waals surface area (Å²) < 4.78 is 0. The van der Waals surface area contributed by atoms with Crippen molar-refractivity contribution in [3.8, 4) is 0 Å². The van der Waals surface area contributed by atoms with Crippen LogP contribution in [0.15, 0.2) is 40.5 Å². The fourth-order valence-electron chi connectivity index (χ4n) is 1.32. The van der Waals surface area contributed by atoms with E-state index < -0.39 is 0 Å². The lowest BCUT2D eigenvalue weighted by atomic mass is 10.3. The molecule has 1 aliphatic heterocycles. The van der Waals surface area contributed by atoms with Gasteiger partial charge in [0.05, 0.1) is 5.69 Å². The third-order valence-corrected chi connectivity index (χ3v) is 3.02. The van der Waals surface area contributed by atoms with Crippen molar-refractivity contribution in [2.45, 2.75) is 9.92 Å². The molecule has 0 unspecified atom stereocenters. The zero-order chi connectivity index (χ0) is 9.38. The first-order valence-corrected chi connectivity index (χ1v) is 5.01. The molecule has 4 heteroatoms. The van der Waals surface area contributed by atoms with Gasteiger partial charge in [0.15, 0.2) is 5.82 Å². The van der Waals surface area contributed by atoms with Gasteiger partial charge in [-0.1, -0.05) is 17.8 Å². The molecule has 67 valence electrons. The van der Waals surface area contributed by atoms with Crippen LogP contribution in [0, 0.1) is 6.07 Å². The number of rotatable bonds is 0. The SMILES string of the molecule is [c]1ccc2c(c1)Nc1nccnc1S2. The number of fused-ring (bicyclic) bond motifs is 2. The molecule has 1 aromatic carbocycles. The molecule has 0 saturated carbocycles. The van der Waals surface area contributed by atoms with Crippen LogP contribution in [0.5, 0.6) is 0 Å². The van der Waals surface area contributed by atoms with Gasteiger partial charge in [-0.2, -0.15) is 0 Å². The van der Waals surface area contributed by atoms with Crippen LogP contribution < -0.4 is 5.32 Å². The van der Waals surface area contributed by atoms with Crippen molar-refractivity contribution in [2.24, 2.45) is 0 Å². The molecule has 2 aromatic rings. The molecule has 0 saturated heterocycles. The van der Waals surface area contributed by atoms with Gasteiger partial charge in [0.2, 0.25) is 0 Å². The van der Waals surface area contributed by atoms with Crippen molar-refractivity contribution in [2.75, 3.05) is 5.32 Å². The molecule has 0 fully saturated rings. The summed E-state index contributed by atoms with van der Waals surface area (Å²) in [6, 6.07) is 8.86. The van der Waals surface area contributed by atoms with Gasteiger partial charge in [0.1, 0.15) is 5.03 Å². The predicted molar refractivity (Wildman–Crippen MR) is 54.7 cm³/mol. The highest BCUT2D eigenvalue weighted by atomic mass is 32.2. The van der Waals surface area contributed by atoms with Gasteiger partial charge < -0.3 is 5.32 Å². The van der Waals surface area contributed by atoms with Crippen LogP contribution in [0.3, 0.4) is 0 Å². The molecule has 0 amide bonds. The van der Waals surface area contributed by atoms with Crippen molar-refractivity contribution < 1.29 is 0 Å². The maximum Gasteiger partial charge on any atom is 0.163 e. The van der Waals surface area contributed by atoms with Crippen LogP contribution in [0.1, 0.15) is 0 Å². The second kappa shape index (κ2) is 2.99. The first-order valence-electron chi connectivity index (χ1n) is 4.19. The number of benzene rings is 1. The quantitative estimate of drug-likeness (QED) is 0.605. The number of hydrogen-bond donors (Lipinski definition) is 1. The normalized spacial score (nSPS) is 12.6. The molecular formula is C10H6N3S. The number of nitrogens with zero attached hydrogens (tertiary/aromatic N) is 2. The molecule has 1 aliphatic rings. The van der Waals surface area contributed by atoms with Crippen molar-refractivity contribution in [1.29, 1.82) is 0 Å². The highest BCUT2D eigenvalue weighted by Gasteiger charge is 2.16. The lowest BCUT2D eigenvalue weighted by Gasteiger charge is -2.17. The van der Waals surface area contributed by atoms with Crippen LogP contribution in [0.25, 0.3) is 0 Å². The minimum absolute atomic E-state index is 0.824. The molecule has 0 spiro atoms. The fourth-order valence-corrected chi connectivity index (χ4v) is 2.20. The summed E-state index contributed by atoms with van der Waals surface area (Å²) in [6.45, 7) is 0. The number of aromatic nitrogens is 2. The lowest BCUT2D eigenvalue weighted by molar-refractivity contribution is 1.05. The Balaban J connectivity index is 2.12. The molecule has 2 heterocycles. The van der Waals surface area contributed by atoms with Crippen LogP contribution in [-0.4, -0.2) is 9.97 Å². The summed E-state index contributed by atoms with van der Waals surface area (Å²) >= 11 is 1.63. The van der Waals surface area contributed by atoms with Gasteiger partial charge >= 0.3 is 0 Å². The Labute approximate surface area is 85.6 Å². The van der Waals surface area contributed by atoms with Crippen LogP contribution >= 0.6 is 11.8 Å². The Hall–Kier alpha value is -1.55. The van der Waals surface area contributed by atoms with E-state index >= 15 is 0 Å². The standard InChI is InChI=1S/C10H6N3S/c1-2-4-8-7(3-1)13-9-10(14-8)12-6-5-11-9/h2-6H,(H,11,13). The predicted octanol–water partition coefficient (Wildman–Crippen LogP) is 2.48. The zero-order valence-corrected chi connectivity index (χ0v) is 8.01. The van der Waals surface area contributed by atoms with E-state index in [9.17, 15) is 0 Å². The summed E-state index contributed by atoms with van der Waals surface area (Å²) in [4.78, 5) is 9.62. The van der Waals surface area contributed by atoms with E-state index in [1.165, 1.54) is 0 Å². The summed E-state index contributed by atoms with van der Waals surface area (Å²) in [5.74, 6) is 0.824. The van der Waals surface area contributed by atoms with Crippen LogP contribution in [0.2, 0.25) is 0 Å². The Morgan fingerprint density at radius 3 is 3.21 bits per heavy atom. The third kappa shape index (κ3) is 1.15. The van der Waals surface area contributed by atoms with Crippen molar-refractivity contribution in [3.63, 3.8) is 0 Å². The van der Waals surface area contributed by atoms with Crippen LogP contribution in [-0.2, 0) is 0 Å². The molecule has 3 rings (SSSR count). The van der Waals surface area contributed by atoms with E-state index in [0.29, 0.717) is 0 Å². The summed E-state index contributed by atoms with van der Waals surface area (Å²) in [6.07, 6.45) is 3.39.